The van der Waals surface area contributed by atoms with Crippen molar-refractivity contribution in [2.24, 2.45) is 0 Å². The monoisotopic (exact) mass is 475 g/mol. The van der Waals surface area contributed by atoms with E-state index in [1.54, 1.807) is 13.2 Å². The highest BCUT2D eigenvalue weighted by atomic mass is 35.5. The first-order chi connectivity index (χ1) is 16.1. The second-order valence-electron chi connectivity index (χ2n) is 7.56. The second-order valence-corrected chi connectivity index (χ2v) is 8.37. The van der Waals surface area contributed by atoms with E-state index in [0.29, 0.717) is 23.5 Å². The number of para-hydroxylation sites is 1. The maximum absolute atomic E-state index is 13.4. The van der Waals surface area contributed by atoms with Crippen LogP contribution >= 0.6 is 23.2 Å². The van der Waals surface area contributed by atoms with Crippen LogP contribution < -0.4 is 10.1 Å². The van der Waals surface area contributed by atoms with Crippen LogP contribution in [-0.2, 0) is 6.54 Å². The number of nitrogens with zero attached hydrogens (tertiary/aromatic N) is 2. The number of aromatic nitrogens is 2. The largest absolute Gasteiger partial charge is 0.495 e. The average Bonchev–Trinajstić information content (AvgIpc) is 3.16. The highest BCUT2D eigenvalue weighted by Gasteiger charge is 2.22. The van der Waals surface area contributed by atoms with Crippen molar-refractivity contribution in [2.45, 2.75) is 6.54 Å². The van der Waals surface area contributed by atoms with Gasteiger partial charge in [0.25, 0.3) is 5.91 Å². The number of hydrogen-bond donors (Lipinski definition) is 1. The molecule has 0 unspecified atom stereocenters. The first-order valence-electron chi connectivity index (χ1n) is 10.3. The normalized spacial score (nSPS) is 11.1. The molecule has 2 heterocycles. The van der Waals surface area contributed by atoms with Gasteiger partial charge in [0.05, 0.1) is 28.4 Å². The summed E-state index contributed by atoms with van der Waals surface area (Å²) in [4.78, 5) is 17.4. The lowest BCUT2D eigenvalue weighted by molar-refractivity contribution is 0.102. The number of nitrogens with one attached hydrogen (secondary N) is 1. The molecule has 5 rings (SSSR count). The van der Waals surface area contributed by atoms with Crippen molar-refractivity contribution in [3.63, 3.8) is 0 Å². The molecule has 0 spiro atoms. The molecule has 0 saturated heterocycles. The van der Waals surface area contributed by atoms with Gasteiger partial charge in [-0.3, -0.25) is 9.78 Å². The Morgan fingerprint density at radius 3 is 2.39 bits per heavy atom. The summed E-state index contributed by atoms with van der Waals surface area (Å²) in [7, 11) is 1.63. The van der Waals surface area contributed by atoms with Crippen LogP contribution in [0.5, 0.6) is 5.75 Å². The number of rotatable bonds is 5. The molecule has 0 radical (unpaired) electrons. The van der Waals surface area contributed by atoms with Gasteiger partial charge in [-0.25, -0.2) is 0 Å². The Kier molecular flexibility index (Phi) is 5.67. The smallest absolute Gasteiger partial charge is 0.256 e. The van der Waals surface area contributed by atoms with Gasteiger partial charge in [-0.05, 0) is 23.8 Å². The van der Waals surface area contributed by atoms with Crippen molar-refractivity contribution in [3.8, 4) is 5.75 Å². The fourth-order valence-electron chi connectivity index (χ4n) is 4.15. The number of amides is 1. The number of fused-ring (bicyclic) bond motifs is 3. The van der Waals surface area contributed by atoms with Gasteiger partial charge in [-0.1, -0.05) is 71.7 Å². The quantitative estimate of drug-likeness (QED) is 0.303. The number of carbonyl (C=O) groups excluding carboxylic acids is 1. The SMILES string of the molecule is COc1ccc(C(=O)Nc2c(Cl)cncc2Cl)c2c3ccccc3n(Cc3ccccc3)c12. The molecule has 33 heavy (non-hydrogen) atoms. The van der Waals surface area contributed by atoms with Gasteiger partial charge in [0.2, 0.25) is 0 Å². The zero-order chi connectivity index (χ0) is 22.9. The van der Waals surface area contributed by atoms with E-state index >= 15 is 0 Å². The molecule has 0 aliphatic carbocycles. The second kappa shape index (κ2) is 8.77. The number of ether oxygens (including phenoxy) is 1. The van der Waals surface area contributed by atoms with Crippen LogP contribution in [-0.4, -0.2) is 22.6 Å². The number of carbonyl (C=O) groups is 1. The van der Waals surface area contributed by atoms with Crippen molar-refractivity contribution in [2.75, 3.05) is 12.4 Å². The van der Waals surface area contributed by atoms with Crippen LogP contribution in [0.4, 0.5) is 5.69 Å². The molecule has 0 aliphatic heterocycles. The zero-order valence-electron chi connectivity index (χ0n) is 17.7. The van der Waals surface area contributed by atoms with Gasteiger partial charge in [-0.15, -0.1) is 0 Å². The maximum atomic E-state index is 13.4. The van der Waals surface area contributed by atoms with Crippen molar-refractivity contribution in [3.05, 3.63) is 100 Å². The Hall–Kier alpha value is -3.54. The fourth-order valence-corrected chi connectivity index (χ4v) is 4.61. The molecule has 5 nitrogen and oxygen atoms in total. The number of halogens is 2. The summed E-state index contributed by atoms with van der Waals surface area (Å²) in [6.45, 7) is 0.633. The Bertz CT molecular complexity index is 1480. The molecule has 0 saturated carbocycles. The third-order valence-corrected chi connectivity index (χ3v) is 6.19. The molecule has 1 amide bonds. The van der Waals surface area contributed by atoms with E-state index in [0.717, 1.165) is 27.4 Å². The van der Waals surface area contributed by atoms with Crippen LogP contribution in [0.2, 0.25) is 10.0 Å². The van der Waals surface area contributed by atoms with Crippen LogP contribution in [0.3, 0.4) is 0 Å². The van der Waals surface area contributed by atoms with Gasteiger partial charge in [0.1, 0.15) is 5.75 Å². The van der Waals surface area contributed by atoms with Crippen LogP contribution in [0.1, 0.15) is 15.9 Å². The summed E-state index contributed by atoms with van der Waals surface area (Å²) in [5, 5.41) is 5.16. The standard InChI is InChI=1S/C26H19Cl2N3O2/c1-33-22-12-11-18(26(32)30-24-19(27)13-29-14-20(24)28)23-17-9-5-6-10-21(17)31(25(22)23)15-16-7-3-2-4-8-16/h2-14H,15H2,1H3,(H,29,30,32). The van der Waals surface area contributed by atoms with E-state index in [4.69, 9.17) is 27.9 Å². The molecule has 0 bridgehead atoms. The van der Waals surface area contributed by atoms with Crippen molar-refractivity contribution >= 4 is 56.6 Å². The van der Waals surface area contributed by atoms with Gasteiger partial charge in [-0.2, -0.15) is 0 Å². The van der Waals surface area contributed by atoms with Crippen LogP contribution in [0.25, 0.3) is 21.8 Å². The van der Waals surface area contributed by atoms with Gasteiger partial charge >= 0.3 is 0 Å². The van der Waals surface area contributed by atoms with Gasteiger partial charge in [0.15, 0.2) is 0 Å². The lowest BCUT2D eigenvalue weighted by Crippen LogP contribution is -2.13. The number of anilines is 1. The van der Waals surface area contributed by atoms with E-state index in [-0.39, 0.29) is 16.0 Å². The molecule has 0 fully saturated rings. The Labute approximate surface area is 200 Å². The molecule has 1 N–H and O–H groups in total. The molecular weight excluding hydrogens is 457 g/mol. The zero-order valence-corrected chi connectivity index (χ0v) is 19.2. The van der Waals surface area contributed by atoms with E-state index in [2.05, 4.69) is 33.1 Å². The highest BCUT2D eigenvalue weighted by molar-refractivity contribution is 6.40. The minimum atomic E-state index is -0.319. The molecular formula is C26H19Cl2N3O2. The lowest BCUT2D eigenvalue weighted by Gasteiger charge is -2.13. The van der Waals surface area contributed by atoms with Crippen molar-refractivity contribution in [1.82, 2.24) is 9.55 Å². The Morgan fingerprint density at radius 1 is 0.970 bits per heavy atom. The van der Waals surface area contributed by atoms with Crippen molar-refractivity contribution in [1.29, 1.82) is 0 Å². The number of pyridine rings is 1. The molecule has 7 heteroatoms. The highest BCUT2D eigenvalue weighted by Crippen LogP contribution is 2.38. The molecule has 5 aromatic rings. The van der Waals surface area contributed by atoms with E-state index in [1.165, 1.54) is 12.4 Å². The van der Waals surface area contributed by atoms with E-state index in [1.807, 2.05) is 42.5 Å². The number of methoxy groups -OCH3 is 1. The molecule has 3 aromatic carbocycles. The summed E-state index contributed by atoms with van der Waals surface area (Å²) in [6, 6.07) is 21.8. The predicted octanol–water partition coefficient (Wildman–Crippen LogP) is 6.81. The summed E-state index contributed by atoms with van der Waals surface area (Å²) in [5.74, 6) is 0.369. The number of hydrogen-bond acceptors (Lipinski definition) is 3. The lowest BCUT2D eigenvalue weighted by atomic mass is 10.0. The predicted molar refractivity (Wildman–Crippen MR) is 134 cm³/mol. The van der Waals surface area contributed by atoms with Crippen LogP contribution in [0.15, 0.2) is 79.1 Å². The fraction of sp³-hybridized carbons (Fsp3) is 0.0769. The third-order valence-electron chi connectivity index (χ3n) is 5.62. The minimum Gasteiger partial charge on any atom is -0.495 e. The molecule has 0 aliphatic rings. The Morgan fingerprint density at radius 2 is 1.67 bits per heavy atom. The average molecular weight is 476 g/mol. The van der Waals surface area contributed by atoms with E-state index in [9.17, 15) is 4.79 Å². The first-order valence-corrected chi connectivity index (χ1v) is 11.1. The molecule has 2 aromatic heterocycles. The van der Waals surface area contributed by atoms with Crippen molar-refractivity contribution < 1.29 is 9.53 Å². The summed E-state index contributed by atoms with van der Waals surface area (Å²) < 4.78 is 7.91. The molecule has 164 valence electrons. The first kappa shape index (κ1) is 21.3. The topological polar surface area (TPSA) is 56.1 Å². The summed E-state index contributed by atoms with van der Waals surface area (Å²) in [6.07, 6.45) is 2.89. The maximum Gasteiger partial charge on any atom is 0.256 e. The minimum absolute atomic E-state index is 0.270. The summed E-state index contributed by atoms with van der Waals surface area (Å²) >= 11 is 12.5. The van der Waals surface area contributed by atoms with E-state index < -0.39 is 0 Å². The van der Waals surface area contributed by atoms with Gasteiger partial charge < -0.3 is 14.6 Å². The van der Waals surface area contributed by atoms with Gasteiger partial charge in [0, 0.05) is 40.8 Å². The van der Waals surface area contributed by atoms with Crippen LogP contribution in [0, 0.1) is 0 Å². The third kappa shape index (κ3) is 3.80. The Balaban J connectivity index is 1.73. The number of benzene rings is 3. The molecule has 0 atom stereocenters. The summed E-state index contributed by atoms with van der Waals surface area (Å²) in [5.41, 5.74) is 3.83.